The highest BCUT2D eigenvalue weighted by Gasteiger charge is 2.19. The van der Waals surface area contributed by atoms with Crippen LogP contribution in [0.25, 0.3) is 0 Å². The molecule has 0 saturated carbocycles. The van der Waals surface area contributed by atoms with Crippen LogP contribution in [0.3, 0.4) is 0 Å². The fraction of sp³-hybridized carbons (Fsp3) is 0.682. The maximum absolute atomic E-state index is 12.8. The summed E-state index contributed by atoms with van der Waals surface area (Å²) in [5, 5.41) is 0. The van der Waals surface area contributed by atoms with Crippen LogP contribution in [0.5, 0.6) is 0 Å². The molecule has 0 aromatic carbocycles. The summed E-state index contributed by atoms with van der Waals surface area (Å²) in [6.07, 6.45) is 80.9. The van der Waals surface area contributed by atoms with Crippen LogP contribution in [0.15, 0.2) is 109 Å². The second-order valence-corrected chi connectivity index (χ2v) is 19.5. The molecule has 1 atom stereocenters. The Morgan fingerprint density at radius 1 is 0.292 bits per heavy atom. The van der Waals surface area contributed by atoms with Gasteiger partial charge in [-0.05, 0) is 109 Å². The van der Waals surface area contributed by atoms with E-state index in [0.717, 1.165) is 122 Å². The third-order valence-electron chi connectivity index (χ3n) is 12.5. The SMILES string of the molecule is CC/C=C\C/C=C\C/C=C\C/C=C\C/C=C\C/C=C\C/C=C\CCCCCCCCCC(=O)OCC(COC(=O)CCCCCCCCCC)OC(=O)CCCCCCCCC/C=C\C/C=C\CCCCC. The minimum atomic E-state index is -0.786. The number of carbonyl (C=O) groups excluding carboxylic acids is 3. The molecular weight excluding hydrogens is 889 g/mol. The van der Waals surface area contributed by atoms with E-state index in [2.05, 4.69) is 130 Å². The van der Waals surface area contributed by atoms with Crippen molar-refractivity contribution >= 4 is 17.9 Å². The lowest BCUT2D eigenvalue weighted by molar-refractivity contribution is -0.167. The smallest absolute Gasteiger partial charge is 0.306 e. The van der Waals surface area contributed by atoms with Crippen LogP contribution in [-0.4, -0.2) is 37.2 Å². The van der Waals surface area contributed by atoms with Gasteiger partial charge in [0.1, 0.15) is 13.2 Å². The quantitative estimate of drug-likeness (QED) is 0.0261. The van der Waals surface area contributed by atoms with Gasteiger partial charge in [-0.2, -0.15) is 0 Å². The fourth-order valence-electron chi connectivity index (χ4n) is 8.04. The van der Waals surface area contributed by atoms with Gasteiger partial charge in [0, 0.05) is 19.3 Å². The van der Waals surface area contributed by atoms with E-state index in [4.69, 9.17) is 14.2 Å². The third kappa shape index (κ3) is 57.0. The van der Waals surface area contributed by atoms with Gasteiger partial charge in [0.25, 0.3) is 0 Å². The van der Waals surface area contributed by atoms with E-state index >= 15 is 0 Å². The molecule has 0 radical (unpaired) electrons. The van der Waals surface area contributed by atoms with Crippen LogP contribution in [0.4, 0.5) is 0 Å². The summed E-state index contributed by atoms with van der Waals surface area (Å²) in [5.74, 6) is -0.906. The molecule has 0 aliphatic rings. The van der Waals surface area contributed by atoms with Gasteiger partial charge in [0.15, 0.2) is 6.10 Å². The third-order valence-corrected chi connectivity index (χ3v) is 12.5. The maximum Gasteiger partial charge on any atom is 0.306 e. The van der Waals surface area contributed by atoms with Crippen molar-refractivity contribution in [1.82, 2.24) is 0 Å². The predicted octanol–water partition coefficient (Wildman–Crippen LogP) is 20.3. The summed E-state index contributed by atoms with van der Waals surface area (Å²) in [5.41, 5.74) is 0. The van der Waals surface area contributed by atoms with Gasteiger partial charge in [-0.15, -0.1) is 0 Å². The van der Waals surface area contributed by atoms with Crippen LogP contribution in [0.2, 0.25) is 0 Å². The van der Waals surface area contributed by atoms with Crippen molar-refractivity contribution in [3.05, 3.63) is 109 Å². The molecular formula is C66H110O6. The van der Waals surface area contributed by atoms with E-state index in [9.17, 15) is 14.4 Å². The molecule has 0 spiro atoms. The Morgan fingerprint density at radius 3 is 0.875 bits per heavy atom. The van der Waals surface area contributed by atoms with Crippen LogP contribution in [0, 0.1) is 0 Å². The Hall–Kier alpha value is -3.93. The molecule has 0 rings (SSSR count). The van der Waals surface area contributed by atoms with E-state index in [1.54, 1.807) is 0 Å². The fourth-order valence-corrected chi connectivity index (χ4v) is 8.04. The Labute approximate surface area is 444 Å². The van der Waals surface area contributed by atoms with Gasteiger partial charge < -0.3 is 14.2 Å². The molecule has 0 aromatic heterocycles. The number of hydrogen-bond acceptors (Lipinski definition) is 6. The van der Waals surface area contributed by atoms with Crippen LogP contribution < -0.4 is 0 Å². The monoisotopic (exact) mass is 999 g/mol. The van der Waals surface area contributed by atoms with Crippen molar-refractivity contribution in [1.29, 1.82) is 0 Å². The summed E-state index contributed by atoms with van der Waals surface area (Å²) in [7, 11) is 0. The van der Waals surface area contributed by atoms with E-state index < -0.39 is 6.10 Å². The minimum Gasteiger partial charge on any atom is -0.462 e. The summed E-state index contributed by atoms with van der Waals surface area (Å²) < 4.78 is 16.8. The van der Waals surface area contributed by atoms with Gasteiger partial charge in [-0.25, -0.2) is 0 Å². The molecule has 410 valence electrons. The lowest BCUT2D eigenvalue weighted by Gasteiger charge is -2.18. The Balaban J connectivity index is 4.24. The zero-order valence-electron chi connectivity index (χ0n) is 46.9. The van der Waals surface area contributed by atoms with E-state index in [1.807, 2.05) is 0 Å². The molecule has 0 saturated heterocycles. The number of hydrogen-bond donors (Lipinski definition) is 0. The molecule has 6 nitrogen and oxygen atoms in total. The van der Waals surface area contributed by atoms with Crippen molar-refractivity contribution in [3.8, 4) is 0 Å². The first-order valence-electron chi connectivity index (χ1n) is 29.9. The van der Waals surface area contributed by atoms with Gasteiger partial charge in [0.2, 0.25) is 0 Å². The number of allylic oxidation sites excluding steroid dienone is 18. The van der Waals surface area contributed by atoms with Crippen LogP contribution in [0.1, 0.15) is 271 Å². The summed E-state index contributed by atoms with van der Waals surface area (Å²) in [6.45, 7) is 6.46. The Kier molecular flexibility index (Phi) is 56.4. The van der Waals surface area contributed by atoms with Gasteiger partial charge in [-0.3, -0.25) is 14.4 Å². The normalized spacial score (nSPS) is 12.9. The molecule has 0 aliphatic carbocycles. The molecule has 6 heteroatoms. The topological polar surface area (TPSA) is 78.9 Å². The average Bonchev–Trinajstić information content (AvgIpc) is 3.38. The lowest BCUT2D eigenvalue weighted by Crippen LogP contribution is -2.30. The van der Waals surface area contributed by atoms with Crippen molar-refractivity contribution in [2.75, 3.05) is 13.2 Å². The second kappa shape index (κ2) is 59.6. The average molecular weight is 1000 g/mol. The molecule has 72 heavy (non-hydrogen) atoms. The highest BCUT2D eigenvalue weighted by Crippen LogP contribution is 2.15. The molecule has 0 aliphatic heterocycles. The molecule has 0 fully saturated rings. The Bertz CT molecular complexity index is 1470. The number of rotatable bonds is 53. The Morgan fingerprint density at radius 2 is 0.542 bits per heavy atom. The van der Waals surface area contributed by atoms with Crippen LogP contribution in [-0.2, 0) is 28.6 Å². The highest BCUT2D eigenvalue weighted by atomic mass is 16.6. The first kappa shape index (κ1) is 68.1. The predicted molar refractivity (Wildman–Crippen MR) is 311 cm³/mol. The van der Waals surface area contributed by atoms with Crippen molar-refractivity contribution in [3.63, 3.8) is 0 Å². The summed E-state index contributed by atoms with van der Waals surface area (Å²) in [6, 6.07) is 0. The number of ether oxygens (including phenoxy) is 3. The first-order valence-corrected chi connectivity index (χ1v) is 29.9. The van der Waals surface area contributed by atoms with Crippen LogP contribution >= 0.6 is 0 Å². The first-order chi connectivity index (χ1) is 35.5. The second-order valence-electron chi connectivity index (χ2n) is 19.5. The van der Waals surface area contributed by atoms with Crippen molar-refractivity contribution in [2.24, 2.45) is 0 Å². The van der Waals surface area contributed by atoms with E-state index in [-0.39, 0.29) is 31.1 Å². The molecule has 0 heterocycles. The number of unbranched alkanes of at least 4 members (excludes halogenated alkanes) is 24. The summed E-state index contributed by atoms with van der Waals surface area (Å²) >= 11 is 0. The highest BCUT2D eigenvalue weighted by molar-refractivity contribution is 5.71. The summed E-state index contributed by atoms with van der Waals surface area (Å²) in [4.78, 5) is 38.0. The number of esters is 3. The zero-order valence-corrected chi connectivity index (χ0v) is 46.9. The molecule has 0 N–H and O–H groups in total. The molecule has 0 aromatic rings. The largest absolute Gasteiger partial charge is 0.462 e. The van der Waals surface area contributed by atoms with Crippen molar-refractivity contribution < 1.29 is 28.6 Å². The number of carbonyl (C=O) groups is 3. The maximum atomic E-state index is 12.8. The standard InChI is InChI=1S/C66H110O6/c1-4-7-10-13-16-19-21-23-25-27-28-29-30-31-32-33-34-35-36-37-38-40-41-43-45-47-50-53-56-59-65(68)71-62-63(61-70-64(67)58-55-52-49-18-15-12-9-6-3)72-66(69)60-57-54-51-48-46-44-42-39-26-24-22-20-17-14-11-8-5-2/h7,10,16-17,19-20,23-26,28-29,31-32,34-35,37-38,63H,4-6,8-9,11-15,18,21-22,27,30,33,36,39-62H2,1-3H3/b10-7-,19-16-,20-17-,25-23-,26-24-,29-28-,32-31-,35-34-,38-37-. The van der Waals surface area contributed by atoms with Gasteiger partial charge in [0.05, 0.1) is 0 Å². The molecule has 0 bridgehead atoms. The van der Waals surface area contributed by atoms with Crippen molar-refractivity contribution in [2.45, 2.75) is 277 Å². The lowest BCUT2D eigenvalue weighted by atomic mass is 10.1. The zero-order chi connectivity index (χ0) is 52.2. The molecule has 0 amide bonds. The van der Waals surface area contributed by atoms with Gasteiger partial charge in [-0.1, -0.05) is 252 Å². The molecule has 1 unspecified atom stereocenters. The van der Waals surface area contributed by atoms with E-state index in [1.165, 1.54) is 109 Å². The minimum absolute atomic E-state index is 0.0843. The van der Waals surface area contributed by atoms with Gasteiger partial charge >= 0.3 is 17.9 Å². The van der Waals surface area contributed by atoms with E-state index in [0.29, 0.717) is 19.3 Å².